The quantitative estimate of drug-likeness (QED) is 0.0711. The zero-order valence-electron chi connectivity index (χ0n) is 42.0. The summed E-state index contributed by atoms with van der Waals surface area (Å²) in [5, 5.41) is 148. The Kier molecular flexibility index (Phi) is 17.3. The lowest BCUT2D eigenvalue weighted by atomic mass is 9.44. The topological polar surface area (TPSA) is 366 Å². The van der Waals surface area contributed by atoms with Crippen LogP contribution in [0.25, 0.3) is 0 Å². The number of allylic oxidation sites excluding steroid dienone is 1. The summed E-state index contributed by atoms with van der Waals surface area (Å²) >= 11 is 0. The highest BCUT2D eigenvalue weighted by atomic mass is 16.8. The van der Waals surface area contributed by atoms with Crippen molar-refractivity contribution in [2.24, 2.45) is 46.3 Å². The Morgan fingerprint density at radius 1 is 0.603 bits per heavy atom. The minimum absolute atomic E-state index is 0.0411. The van der Waals surface area contributed by atoms with Crippen LogP contribution in [0.2, 0.25) is 0 Å². The fraction of sp³-hybridized carbons (Fsp3) is 0.960. The molecule has 4 saturated heterocycles. The number of hydrogen-bond donors (Lipinski definition) is 14. The lowest BCUT2D eigenvalue weighted by Crippen LogP contribution is -2.66. The standard InChI is InChI=1S/C50H82O23/c1-19(17-65-45-40(62)37(59)35(57)30(14-51)69-45)5-8-27-20(2)33-29(67-27)12-24-22-7-6-21-11-28(25(54)13-50(21,4)23(22)9-10-49(24,33)3)68-47-41(63)38(60)43(32(16-53)71-47)72-48-42(64)44(36(58)31(15-52)70-48)73-46-39(61)34(56)26(55)18-66-46/h19,21-26,28-48,51-64H,5-18H2,1-4H3/t19-,21+,22-,23+,24+,25-,26-,28-,29+,30-,31-,32-,33+,34+,35-,36-,37+,38-,39-,40-,41-,42-,43+,44+,45-,46+,47-,48+,49+,50+/m1/s1. The number of fused-ring (bicyclic) bond motifs is 7. The van der Waals surface area contributed by atoms with E-state index >= 15 is 0 Å². The summed E-state index contributed by atoms with van der Waals surface area (Å²) in [4.78, 5) is 0. The van der Waals surface area contributed by atoms with Crippen LogP contribution in [-0.4, -0.2) is 240 Å². The summed E-state index contributed by atoms with van der Waals surface area (Å²) in [5.41, 5.74) is 1.14. The third-order valence-electron chi connectivity index (χ3n) is 19.1. The summed E-state index contributed by atoms with van der Waals surface area (Å²) < 4.78 is 52.9. The van der Waals surface area contributed by atoms with Crippen LogP contribution in [0.3, 0.4) is 0 Å². The summed E-state index contributed by atoms with van der Waals surface area (Å²) in [6.45, 7) is 6.70. The molecule has 9 aliphatic rings. The van der Waals surface area contributed by atoms with E-state index in [1.54, 1.807) is 0 Å². The molecule has 23 heteroatoms. The second-order valence-corrected chi connectivity index (χ2v) is 23.4. The van der Waals surface area contributed by atoms with Crippen molar-refractivity contribution in [3.05, 3.63) is 11.3 Å². The van der Waals surface area contributed by atoms with Gasteiger partial charge in [0, 0.05) is 12.3 Å². The Hall–Kier alpha value is -1.34. The molecule has 0 aromatic carbocycles. The molecule has 73 heavy (non-hydrogen) atoms. The molecule has 0 unspecified atom stereocenters. The molecule has 14 N–H and O–H groups in total. The van der Waals surface area contributed by atoms with Crippen LogP contribution in [0.4, 0.5) is 0 Å². The second-order valence-electron chi connectivity index (χ2n) is 23.4. The van der Waals surface area contributed by atoms with E-state index < -0.39 is 155 Å². The van der Waals surface area contributed by atoms with E-state index in [2.05, 4.69) is 20.8 Å². The van der Waals surface area contributed by atoms with Crippen molar-refractivity contribution >= 4 is 0 Å². The molecular formula is C50H82O23. The van der Waals surface area contributed by atoms with Gasteiger partial charge in [-0.1, -0.05) is 20.8 Å². The first kappa shape index (κ1) is 56.4. The van der Waals surface area contributed by atoms with Gasteiger partial charge in [-0.15, -0.1) is 0 Å². The van der Waals surface area contributed by atoms with Crippen molar-refractivity contribution < 1.29 is 114 Å². The molecule has 0 amide bonds. The molecule has 0 spiro atoms. The Labute approximate surface area is 424 Å². The average molecular weight is 1050 g/mol. The smallest absolute Gasteiger partial charge is 0.187 e. The van der Waals surface area contributed by atoms with Crippen molar-refractivity contribution in [3.63, 3.8) is 0 Å². The number of aliphatic hydroxyl groups is 14. The Balaban J connectivity index is 0.785. The highest BCUT2D eigenvalue weighted by Gasteiger charge is 2.66. The highest BCUT2D eigenvalue weighted by molar-refractivity contribution is 5.27. The highest BCUT2D eigenvalue weighted by Crippen LogP contribution is 2.70. The van der Waals surface area contributed by atoms with Crippen molar-refractivity contribution in [1.29, 1.82) is 0 Å². The van der Waals surface area contributed by atoms with Crippen molar-refractivity contribution in [1.82, 2.24) is 0 Å². The molecule has 5 heterocycles. The molecule has 420 valence electrons. The fourth-order valence-electron chi connectivity index (χ4n) is 15.0. The molecule has 0 aromatic heterocycles. The van der Waals surface area contributed by atoms with Crippen molar-refractivity contribution in [3.8, 4) is 0 Å². The average Bonchev–Trinajstić information content (AvgIpc) is 3.85. The summed E-state index contributed by atoms with van der Waals surface area (Å²) in [5.74, 6) is 2.79. The number of rotatable bonds is 15. The van der Waals surface area contributed by atoms with Gasteiger partial charge in [-0.2, -0.15) is 0 Å². The van der Waals surface area contributed by atoms with Gasteiger partial charge >= 0.3 is 0 Å². The molecule has 4 aliphatic carbocycles. The van der Waals surface area contributed by atoms with Gasteiger partial charge in [0.25, 0.3) is 0 Å². The number of hydrogen-bond acceptors (Lipinski definition) is 23. The zero-order chi connectivity index (χ0) is 52.6. The minimum Gasteiger partial charge on any atom is -0.494 e. The lowest BCUT2D eigenvalue weighted by Gasteiger charge is -2.61. The largest absolute Gasteiger partial charge is 0.494 e. The Bertz CT molecular complexity index is 1880. The number of ether oxygens (including phenoxy) is 9. The van der Waals surface area contributed by atoms with E-state index in [4.69, 9.17) is 42.6 Å². The van der Waals surface area contributed by atoms with E-state index in [1.165, 1.54) is 5.57 Å². The predicted molar refractivity (Wildman–Crippen MR) is 246 cm³/mol. The van der Waals surface area contributed by atoms with Gasteiger partial charge < -0.3 is 114 Å². The maximum atomic E-state index is 11.9. The van der Waals surface area contributed by atoms with Gasteiger partial charge in [-0.3, -0.25) is 0 Å². The van der Waals surface area contributed by atoms with E-state index in [0.717, 1.165) is 50.7 Å². The maximum absolute atomic E-state index is 11.9. The van der Waals surface area contributed by atoms with Crippen LogP contribution in [-0.2, 0) is 42.6 Å². The van der Waals surface area contributed by atoms with Crippen LogP contribution >= 0.6 is 0 Å². The zero-order valence-corrected chi connectivity index (χ0v) is 42.0. The fourth-order valence-corrected chi connectivity index (χ4v) is 15.0. The van der Waals surface area contributed by atoms with Crippen LogP contribution in [0.1, 0.15) is 85.5 Å². The van der Waals surface area contributed by atoms with Gasteiger partial charge in [0.2, 0.25) is 0 Å². The van der Waals surface area contributed by atoms with E-state index in [-0.39, 0.29) is 35.4 Å². The van der Waals surface area contributed by atoms with Gasteiger partial charge in [-0.05, 0) is 104 Å². The first-order valence-corrected chi connectivity index (χ1v) is 26.5. The third kappa shape index (κ3) is 10.3. The first-order chi connectivity index (χ1) is 34.6. The van der Waals surface area contributed by atoms with Crippen LogP contribution in [0, 0.1) is 46.3 Å². The predicted octanol–water partition coefficient (Wildman–Crippen LogP) is -3.40. The molecule has 8 fully saturated rings. The van der Waals surface area contributed by atoms with E-state index in [1.807, 2.05) is 6.92 Å². The monoisotopic (exact) mass is 1050 g/mol. The summed E-state index contributed by atoms with van der Waals surface area (Å²) in [6, 6.07) is 0. The summed E-state index contributed by atoms with van der Waals surface area (Å²) in [6.07, 6.45) is -23.9. The maximum Gasteiger partial charge on any atom is 0.187 e. The minimum atomic E-state index is -1.89. The molecule has 4 saturated carbocycles. The lowest BCUT2D eigenvalue weighted by molar-refractivity contribution is -0.379. The van der Waals surface area contributed by atoms with E-state index in [0.29, 0.717) is 36.5 Å². The number of aliphatic hydroxyl groups excluding tert-OH is 14. The SMILES string of the molecule is CC1=C(CC[C@@H](C)CO[C@@H]2O[C@H](CO)[C@@H](O)[C@H](O)[C@H]2O)O[C@H]2C[C@H]3[C@@H]4CC[C@H]5C[C@@H](O[C@@H]6O[C@H](CO)[C@H](O[C@@H]7O[C@H](CO)[C@@H](O)[C@H](O[C@@H]8OC[C@@H](O)[C@H](O)[C@H]8O)[C@H]7O)[C@H](O)[C@H]6O)[C@H](O)C[C@]5(C)[C@H]4CC[C@]3(C)[C@@H]12. The first-order valence-electron chi connectivity index (χ1n) is 26.5. The third-order valence-corrected chi connectivity index (χ3v) is 19.1. The van der Waals surface area contributed by atoms with Crippen molar-refractivity contribution in [2.75, 3.05) is 33.0 Å². The molecule has 0 radical (unpaired) electrons. The van der Waals surface area contributed by atoms with E-state index in [9.17, 15) is 71.5 Å². The Morgan fingerprint density at radius 3 is 1.95 bits per heavy atom. The molecular weight excluding hydrogens is 969 g/mol. The van der Waals surface area contributed by atoms with Gasteiger partial charge in [-0.25, -0.2) is 0 Å². The van der Waals surface area contributed by atoms with Crippen LogP contribution < -0.4 is 0 Å². The van der Waals surface area contributed by atoms with Crippen LogP contribution in [0.5, 0.6) is 0 Å². The van der Waals surface area contributed by atoms with Crippen LogP contribution in [0.15, 0.2) is 11.3 Å². The van der Waals surface area contributed by atoms with Crippen molar-refractivity contribution in [2.45, 2.75) is 221 Å². The normalized spacial score (nSPS) is 53.5. The molecule has 0 bridgehead atoms. The Morgan fingerprint density at radius 2 is 1.23 bits per heavy atom. The molecule has 23 nitrogen and oxygen atoms in total. The summed E-state index contributed by atoms with van der Waals surface area (Å²) in [7, 11) is 0. The van der Waals surface area contributed by atoms with Gasteiger partial charge in [0.1, 0.15) is 97.7 Å². The molecule has 5 aliphatic heterocycles. The second kappa shape index (κ2) is 22.4. The molecule has 9 rings (SSSR count). The van der Waals surface area contributed by atoms with Gasteiger partial charge in [0.15, 0.2) is 25.2 Å². The molecule has 0 aromatic rings. The van der Waals surface area contributed by atoms with Gasteiger partial charge in [0.05, 0.1) is 51.0 Å². The molecule has 30 atom stereocenters.